The van der Waals surface area contributed by atoms with Crippen molar-refractivity contribution in [3.8, 4) is 11.3 Å². The molecule has 0 atom stereocenters. The highest BCUT2D eigenvalue weighted by molar-refractivity contribution is 7.92. The number of hydrogen-bond acceptors (Lipinski definition) is 6. The number of hydrogen-bond donors (Lipinski definition) is 2. The maximum atomic E-state index is 13.2. The maximum absolute atomic E-state index is 13.2. The zero-order valence-electron chi connectivity index (χ0n) is 18.6. The van der Waals surface area contributed by atoms with Crippen molar-refractivity contribution in [3.63, 3.8) is 0 Å². The lowest BCUT2D eigenvalue weighted by atomic mass is 10.0. The Kier molecular flexibility index (Phi) is 5.76. The Morgan fingerprint density at radius 1 is 0.886 bits per heavy atom. The molecule has 0 radical (unpaired) electrons. The van der Waals surface area contributed by atoms with Crippen LogP contribution in [0.3, 0.4) is 0 Å². The number of anilines is 2. The van der Waals surface area contributed by atoms with Gasteiger partial charge in [0.1, 0.15) is 5.76 Å². The van der Waals surface area contributed by atoms with Crippen LogP contribution in [-0.2, 0) is 10.0 Å². The zero-order valence-corrected chi connectivity index (χ0v) is 19.4. The minimum absolute atomic E-state index is 0.0249. The molecule has 0 saturated carbocycles. The molecule has 3 aromatic carbocycles. The maximum Gasteiger partial charge on any atom is 0.263 e. The van der Waals surface area contributed by atoms with Crippen molar-refractivity contribution in [1.29, 1.82) is 0 Å². The SMILES string of the molecule is Cc1cc(NS(=O)(=O)c2ccc(NC(=O)c3cc(-c4ccccc4)nc4ccccc34)cc2)no1. The molecular weight excluding hydrogens is 464 g/mol. The van der Waals surface area contributed by atoms with E-state index in [1.54, 1.807) is 13.0 Å². The van der Waals surface area contributed by atoms with Crippen LogP contribution in [-0.4, -0.2) is 24.5 Å². The molecule has 0 aliphatic rings. The van der Waals surface area contributed by atoms with Gasteiger partial charge in [-0.15, -0.1) is 0 Å². The van der Waals surface area contributed by atoms with E-state index in [9.17, 15) is 13.2 Å². The molecule has 0 aliphatic carbocycles. The van der Waals surface area contributed by atoms with Crippen molar-refractivity contribution in [3.05, 3.63) is 102 Å². The summed E-state index contributed by atoms with van der Waals surface area (Å²) >= 11 is 0. The molecule has 5 aromatic rings. The molecule has 35 heavy (non-hydrogen) atoms. The number of amides is 1. The number of fused-ring (bicyclic) bond motifs is 1. The topological polar surface area (TPSA) is 114 Å². The van der Waals surface area contributed by atoms with E-state index in [-0.39, 0.29) is 16.6 Å². The molecule has 0 saturated heterocycles. The Bertz CT molecular complexity index is 1630. The lowest BCUT2D eigenvalue weighted by Gasteiger charge is -2.11. The molecule has 2 aromatic heterocycles. The van der Waals surface area contributed by atoms with E-state index in [0.717, 1.165) is 10.9 Å². The number of carbonyl (C=O) groups is 1. The van der Waals surface area contributed by atoms with Gasteiger partial charge >= 0.3 is 0 Å². The van der Waals surface area contributed by atoms with Crippen LogP contribution >= 0.6 is 0 Å². The highest BCUT2D eigenvalue weighted by Gasteiger charge is 2.18. The lowest BCUT2D eigenvalue weighted by molar-refractivity contribution is 0.102. The quantitative estimate of drug-likeness (QED) is 0.340. The third-order valence-corrected chi connectivity index (χ3v) is 6.69. The van der Waals surface area contributed by atoms with Gasteiger partial charge < -0.3 is 9.84 Å². The monoisotopic (exact) mass is 484 g/mol. The first kappa shape index (κ1) is 22.3. The molecule has 2 N–H and O–H groups in total. The molecule has 1 amide bonds. The number of aromatic nitrogens is 2. The molecule has 0 bridgehead atoms. The molecule has 8 nitrogen and oxygen atoms in total. The minimum Gasteiger partial charge on any atom is -0.360 e. The van der Waals surface area contributed by atoms with Gasteiger partial charge in [-0.2, -0.15) is 0 Å². The predicted molar refractivity (Wildman–Crippen MR) is 134 cm³/mol. The largest absolute Gasteiger partial charge is 0.360 e. The minimum atomic E-state index is -3.86. The molecule has 0 fully saturated rings. The van der Waals surface area contributed by atoms with Crippen molar-refractivity contribution in [2.24, 2.45) is 0 Å². The second-order valence-corrected chi connectivity index (χ2v) is 9.53. The Morgan fingerprint density at radius 3 is 2.31 bits per heavy atom. The van der Waals surface area contributed by atoms with Gasteiger partial charge in [0.05, 0.1) is 21.7 Å². The Labute approximate surface area is 201 Å². The van der Waals surface area contributed by atoms with E-state index >= 15 is 0 Å². The zero-order chi connectivity index (χ0) is 24.4. The summed E-state index contributed by atoms with van der Waals surface area (Å²) in [4.78, 5) is 18.0. The second-order valence-electron chi connectivity index (χ2n) is 7.85. The molecule has 0 spiro atoms. The van der Waals surface area contributed by atoms with Gasteiger partial charge in [-0.3, -0.25) is 9.52 Å². The van der Waals surface area contributed by atoms with Gasteiger partial charge in [0.15, 0.2) is 5.82 Å². The summed E-state index contributed by atoms with van der Waals surface area (Å²) in [7, 11) is -3.86. The van der Waals surface area contributed by atoms with Crippen molar-refractivity contribution >= 4 is 38.3 Å². The van der Waals surface area contributed by atoms with Crippen LogP contribution in [0.4, 0.5) is 11.5 Å². The summed E-state index contributed by atoms with van der Waals surface area (Å²) in [5, 5.41) is 7.21. The van der Waals surface area contributed by atoms with E-state index in [1.165, 1.54) is 30.3 Å². The summed E-state index contributed by atoms with van der Waals surface area (Å²) in [6.45, 7) is 1.66. The first-order valence-corrected chi connectivity index (χ1v) is 12.2. The normalized spacial score (nSPS) is 11.3. The van der Waals surface area contributed by atoms with Crippen molar-refractivity contribution < 1.29 is 17.7 Å². The average molecular weight is 485 g/mol. The average Bonchev–Trinajstić information content (AvgIpc) is 3.27. The van der Waals surface area contributed by atoms with Gasteiger partial charge in [-0.1, -0.05) is 53.7 Å². The number of rotatable bonds is 6. The van der Waals surface area contributed by atoms with Crippen LogP contribution in [0.2, 0.25) is 0 Å². The Morgan fingerprint density at radius 2 is 1.60 bits per heavy atom. The third kappa shape index (κ3) is 4.75. The number of aryl methyl sites for hydroxylation is 1. The Hall–Kier alpha value is -4.50. The fraction of sp³-hybridized carbons (Fsp3) is 0.0385. The fourth-order valence-corrected chi connectivity index (χ4v) is 4.63. The van der Waals surface area contributed by atoms with Crippen LogP contribution in [0.1, 0.15) is 16.1 Å². The molecule has 5 rings (SSSR count). The van der Waals surface area contributed by atoms with Gasteiger partial charge in [-0.05, 0) is 43.3 Å². The molecule has 9 heteroatoms. The molecule has 2 heterocycles. The van der Waals surface area contributed by atoms with Crippen LogP contribution in [0.25, 0.3) is 22.2 Å². The number of sulfonamides is 1. The number of pyridine rings is 1. The second kappa shape index (κ2) is 9.03. The third-order valence-electron chi connectivity index (χ3n) is 5.32. The molecule has 0 unspecified atom stereocenters. The van der Waals surface area contributed by atoms with Crippen molar-refractivity contribution in [2.75, 3.05) is 10.0 Å². The number of nitrogens with zero attached hydrogens (tertiary/aromatic N) is 2. The number of carbonyl (C=O) groups excluding carboxylic acids is 1. The van der Waals surface area contributed by atoms with E-state index in [1.807, 2.05) is 54.6 Å². The van der Waals surface area contributed by atoms with Gasteiger partial charge in [0, 0.05) is 22.7 Å². The summed E-state index contributed by atoms with van der Waals surface area (Å²) in [6.07, 6.45) is 0. The highest BCUT2D eigenvalue weighted by Crippen LogP contribution is 2.26. The number of benzene rings is 3. The van der Waals surface area contributed by atoms with Crippen LogP contribution in [0, 0.1) is 6.92 Å². The van der Waals surface area contributed by atoms with E-state index in [0.29, 0.717) is 28.2 Å². The predicted octanol–water partition coefficient (Wildman–Crippen LogP) is 5.25. The lowest BCUT2D eigenvalue weighted by Crippen LogP contribution is -2.15. The smallest absolute Gasteiger partial charge is 0.263 e. The van der Waals surface area contributed by atoms with E-state index < -0.39 is 10.0 Å². The van der Waals surface area contributed by atoms with Crippen molar-refractivity contribution in [1.82, 2.24) is 10.1 Å². The molecular formula is C26H20N4O4S. The van der Waals surface area contributed by atoms with Crippen LogP contribution in [0.15, 0.2) is 100 Å². The standard InChI is InChI=1S/C26H20N4O4S/c1-17-15-25(29-34-17)30-35(32,33)20-13-11-19(12-14-20)27-26(31)22-16-24(18-7-3-2-4-8-18)28-23-10-6-5-9-21(22)23/h2-16H,1H3,(H,27,31)(H,29,30). The van der Waals surface area contributed by atoms with E-state index in [2.05, 4.69) is 15.2 Å². The van der Waals surface area contributed by atoms with Gasteiger partial charge in [0.2, 0.25) is 0 Å². The first-order chi connectivity index (χ1) is 16.9. The van der Waals surface area contributed by atoms with Gasteiger partial charge in [0.25, 0.3) is 15.9 Å². The summed E-state index contributed by atoms with van der Waals surface area (Å²) in [5.74, 6) is 0.256. The van der Waals surface area contributed by atoms with Crippen LogP contribution < -0.4 is 10.0 Å². The molecule has 174 valence electrons. The molecule has 0 aliphatic heterocycles. The summed E-state index contributed by atoms with van der Waals surface area (Å²) in [6, 6.07) is 26.2. The fourth-order valence-electron chi connectivity index (χ4n) is 3.65. The Balaban J connectivity index is 1.41. The van der Waals surface area contributed by atoms with Gasteiger partial charge in [-0.25, -0.2) is 13.4 Å². The first-order valence-electron chi connectivity index (χ1n) is 10.7. The summed E-state index contributed by atoms with van der Waals surface area (Å²) < 4.78 is 32.4. The number of para-hydroxylation sites is 1. The van der Waals surface area contributed by atoms with Crippen molar-refractivity contribution in [2.45, 2.75) is 11.8 Å². The summed E-state index contributed by atoms with van der Waals surface area (Å²) in [5.41, 5.74) is 3.21. The highest BCUT2D eigenvalue weighted by atomic mass is 32.2. The van der Waals surface area contributed by atoms with Crippen LogP contribution in [0.5, 0.6) is 0 Å². The number of nitrogens with one attached hydrogen (secondary N) is 2. The van der Waals surface area contributed by atoms with E-state index in [4.69, 9.17) is 9.51 Å².